The molecular formula is C32H34N4. The molecule has 0 bridgehead atoms. The van der Waals surface area contributed by atoms with E-state index in [-0.39, 0.29) is 0 Å². The SMILES string of the molecule is CC=CCc1nc2c(N(Cc3ccccc3)Cc3ccccc3)nc3ccccc3c2n1CC(C)C. The van der Waals surface area contributed by atoms with Crippen molar-refractivity contribution < 1.29 is 0 Å². The van der Waals surface area contributed by atoms with Crippen LogP contribution in [0.2, 0.25) is 0 Å². The second kappa shape index (κ2) is 10.8. The van der Waals surface area contributed by atoms with E-state index < -0.39 is 0 Å². The van der Waals surface area contributed by atoms with Crippen LogP contribution in [0.5, 0.6) is 0 Å². The Bertz CT molecular complexity index is 1420. The van der Waals surface area contributed by atoms with Crippen molar-refractivity contribution in [2.24, 2.45) is 5.92 Å². The Morgan fingerprint density at radius 2 is 1.42 bits per heavy atom. The van der Waals surface area contributed by atoms with Crippen molar-refractivity contribution in [1.29, 1.82) is 0 Å². The van der Waals surface area contributed by atoms with Crippen LogP contribution in [0.15, 0.2) is 97.1 Å². The van der Waals surface area contributed by atoms with Crippen molar-refractivity contribution in [2.45, 2.75) is 46.8 Å². The molecule has 0 N–H and O–H groups in total. The van der Waals surface area contributed by atoms with Crippen LogP contribution >= 0.6 is 0 Å². The van der Waals surface area contributed by atoms with Crippen LogP contribution in [-0.4, -0.2) is 14.5 Å². The van der Waals surface area contributed by atoms with E-state index in [1.165, 1.54) is 16.6 Å². The number of nitrogens with zero attached hydrogens (tertiary/aromatic N) is 4. The van der Waals surface area contributed by atoms with Gasteiger partial charge in [-0.05, 0) is 30.0 Å². The number of anilines is 1. The molecule has 0 aliphatic heterocycles. The van der Waals surface area contributed by atoms with Crippen LogP contribution in [0.4, 0.5) is 5.82 Å². The smallest absolute Gasteiger partial charge is 0.158 e. The normalized spacial score (nSPS) is 11.8. The first-order valence-corrected chi connectivity index (χ1v) is 12.9. The fourth-order valence-electron chi connectivity index (χ4n) is 4.84. The molecule has 5 aromatic rings. The zero-order valence-electron chi connectivity index (χ0n) is 21.4. The maximum absolute atomic E-state index is 5.27. The van der Waals surface area contributed by atoms with Crippen LogP contribution in [0, 0.1) is 5.92 Å². The van der Waals surface area contributed by atoms with Gasteiger partial charge in [-0.25, -0.2) is 9.97 Å². The zero-order valence-corrected chi connectivity index (χ0v) is 21.4. The van der Waals surface area contributed by atoms with Crippen LogP contribution < -0.4 is 4.90 Å². The van der Waals surface area contributed by atoms with Gasteiger partial charge in [0, 0.05) is 31.4 Å². The van der Waals surface area contributed by atoms with Gasteiger partial charge in [0.1, 0.15) is 11.3 Å². The lowest BCUT2D eigenvalue weighted by atomic mass is 10.1. The third kappa shape index (κ3) is 5.03. The summed E-state index contributed by atoms with van der Waals surface area (Å²) in [6, 6.07) is 29.8. The summed E-state index contributed by atoms with van der Waals surface area (Å²) in [5, 5.41) is 1.16. The standard InChI is InChI=1S/C32H34N4/c1-4-5-20-29-34-30-31(36(29)21-24(2)3)27-18-12-13-19-28(27)33-32(30)35(22-25-14-8-6-9-15-25)23-26-16-10-7-11-17-26/h4-19,24H,20-23H2,1-3H3. The first kappa shape index (κ1) is 23.8. The molecule has 0 radical (unpaired) electrons. The van der Waals surface area contributed by atoms with Gasteiger partial charge in [0.15, 0.2) is 5.82 Å². The molecule has 182 valence electrons. The largest absolute Gasteiger partial charge is 0.346 e. The third-order valence-electron chi connectivity index (χ3n) is 6.46. The van der Waals surface area contributed by atoms with E-state index in [4.69, 9.17) is 9.97 Å². The summed E-state index contributed by atoms with van der Waals surface area (Å²) in [5.74, 6) is 2.54. The molecule has 0 saturated carbocycles. The first-order valence-electron chi connectivity index (χ1n) is 12.9. The van der Waals surface area contributed by atoms with Gasteiger partial charge < -0.3 is 9.47 Å². The molecule has 0 unspecified atom stereocenters. The van der Waals surface area contributed by atoms with Crippen molar-refractivity contribution in [3.05, 3.63) is 114 Å². The molecule has 2 heterocycles. The maximum atomic E-state index is 5.27. The molecule has 4 nitrogen and oxygen atoms in total. The van der Waals surface area contributed by atoms with E-state index in [9.17, 15) is 0 Å². The van der Waals surface area contributed by atoms with E-state index in [0.29, 0.717) is 5.92 Å². The molecule has 0 spiro atoms. The fourth-order valence-corrected chi connectivity index (χ4v) is 4.84. The summed E-state index contributed by atoms with van der Waals surface area (Å²) in [6.07, 6.45) is 5.11. The van der Waals surface area contributed by atoms with Crippen LogP contribution in [0.1, 0.15) is 37.7 Å². The molecule has 4 heteroatoms. The van der Waals surface area contributed by atoms with E-state index in [1.807, 2.05) is 0 Å². The molecule has 5 rings (SSSR count). The molecule has 0 aliphatic rings. The number of pyridine rings is 1. The van der Waals surface area contributed by atoms with E-state index in [1.54, 1.807) is 0 Å². The Kier molecular flexibility index (Phi) is 7.13. The highest BCUT2D eigenvalue weighted by molar-refractivity contribution is 6.07. The number of hydrogen-bond acceptors (Lipinski definition) is 3. The summed E-state index contributed by atoms with van der Waals surface area (Å²) in [4.78, 5) is 12.9. The molecule has 0 fully saturated rings. The number of benzene rings is 3. The minimum atomic E-state index is 0.506. The topological polar surface area (TPSA) is 34.0 Å². The van der Waals surface area contributed by atoms with Crippen LogP contribution in [-0.2, 0) is 26.1 Å². The lowest BCUT2D eigenvalue weighted by molar-refractivity contribution is 0.521. The van der Waals surface area contributed by atoms with Crippen LogP contribution in [0.3, 0.4) is 0 Å². The van der Waals surface area contributed by atoms with Gasteiger partial charge in [-0.15, -0.1) is 0 Å². The molecule has 2 aromatic heterocycles. The van der Waals surface area contributed by atoms with Gasteiger partial charge in [-0.3, -0.25) is 0 Å². The third-order valence-corrected chi connectivity index (χ3v) is 6.46. The Balaban J connectivity index is 1.75. The number of para-hydroxylation sites is 1. The molecule has 0 saturated heterocycles. The summed E-state index contributed by atoms with van der Waals surface area (Å²) in [7, 11) is 0. The van der Waals surface area contributed by atoms with Crippen molar-refractivity contribution in [3.8, 4) is 0 Å². The minimum absolute atomic E-state index is 0.506. The highest BCUT2D eigenvalue weighted by Gasteiger charge is 2.22. The highest BCUT2D eigenvalue weighted by atomic mass is 15.2. The molecule has 3 aromatic carbocycles. The zero-order chi connectivity index (χ0) is 24.9. The van der Waals surface area contributed by atoms with Gasteiger partial charge in [0.05, 0.1) is 11.0 Å². The second-order valence-corrected chi connectivity index (χ2v) is 9.78. The number of imidazole rings is 1. The van der Waals surface area contributed by atoms with E-state index in [0.717, 1.165) is 54.1 Å². The molecule has 0 amide bonds. The quantitative estimate of drug-likeness (QED) is 0.207. The maximum Gasteiger partial charge on any atom is 0.158 e. The number of allylic oxidation sites excluding steroid dienone is 2. The summed E-state index contributed by atoms with van der Waals surface area (Å²) < 4.78 is 2.43. The molecule has 0 aliphatic carbocycles. The van der Waals surface area contributed by atoms with Gasteiger partial charge in [-0.2, -0.15) is 0 Å². The van der Waals surface area contributed by atoms with Gasteiger partial charge in [0.2, 0.25) is 0 Å². The summed E-state index contributed by atoms with van der Waals surface area (Å²) >= 11 is 0. The van der Waals surface area contributed by atoms with Crippen molar-refractivity contribution in [2.75, 3.05) is 4.90 Å². The average molecular weight is 475 g/mol. The Hall–Kier alpha value is -3.92. The lowest BCUT2D eigenvalue weighted by Crippen LogP contribution is -2.23. The highest BCUT2D eigenvalue weighted by Crippen LogP contribution is 2.34. The van der Waals surface area contributed by atoms with Gasteiger partial charge >= 0.3 is 0 Å². The van der Waals surface area contributed by atoms with E-state index in [2.05, 4.69) is 127 Å². The number of rotatable bonds is 9. The monoisotopic (exact) mass is 474 g/mol. The van der Waals surface area contributed by atoms with Gasteiger partial charge in [0.25, 0.3) is 0 Å². The lowest BCUT2D eigenvalue weighted by Gasteiger charge is -2.25. The second-order valence-electron chi connectivity index (χ2n) is 9.78. The Morgan fingerprint density at radius 3 is 2.03 bits per heavy atom. The van der Waals surface area contributed by atoms with Crippen molar-refractivity contribution in [1.82, 2.24) is 14.5 Å². The predicted octanol–water partition coefficient (Wildman–Crippen LogP) is 7.57. The van der Waals surface area contributed by atoms with E-state index >= 15 is 0 Å². The molecule has 0 atom stereocenters. The van der Waals surface area contributed by atoms with Crippen LogP contribution in [0.25, 0.3) is 21.9 Å². The minimum Gasteiger partial charge on any atom is -0.346 e. The Morgan fingerprint density at radius 1 is 0.806 bits per heavy atom. The number of fused-ring (bicyclic) bond motifs is 3. The average Bonchev–Trinajstić information content (AvgIpc) is 3.25. The Labute approximate surface area is 213 Å². The number of aromatic nitrogens is 3. The fraction of sp³-hybridized carbons (Fsp3) is 0.250. The van der Waals surface area contributed by atoms with Crippen molar-refractivity contribution >= 4 is 27.8 Å². The number of hydrogen-bond donors (Lipinski definition) is 0. The first-order chi connectivity index (χ1) is 17.6. The molecule has 36 heavy (non-hydrogen) atoms. The van der Waals surface area contributed by atoms with Gasteiger partial charge in [-0.1, -0.05) is 105 Å². The predicted molar refractivity (Wildman–Crippen MR) is 151 cm³/mol. The summed E-state index contributed by atoms with van der Waals surface area (Å²) in [5.41, 5.74) is 5.70. The van der Waals surface area contributed by atoms with Crippen molar-refractivity contribution in [3.63, 3.8) is 0 Å². The summed E-state index contributed by atoms with van der Waals surface area (Å²) in [6.45, 7) is 9.06. The molecular weight excluding hydrogens is 440 g/mol.